The summed E-state index contributed by atoms with van der Waals surface area (Å²) in [6, 6.07) is 8.24. The van der Waals surface area contributed by atoms with E-state index in [0.29, 0.717) is 23.6 Å². The van der Waals surface area contributed by atoms with Gasteiger partial charge in [-0.05, 0) is 44.9 Å². The highest BCUT2D eigenvalue weighted by Crippen LogP contribution is 2.30. The number of furan rings is 1. The number of amides is 1. The van der Waals surface area contributed by atoms with Crippen LogP contribution in [0.25, 0.3) is 16.8 Å². The zero-order chi connectivity index (χ0) is 30.4. The lowest BCUT2D eigenvalue weighted by Gasteiger charge is -2.22. The fourth-order valence-electron chi connectivity index (χ4n) is 4.85. The lowest BCUT2D eigenvalue weighted by atomic mass is 10.2. The first kappa shape index (κ1) is 29.3. The van der Waals surface area contributed by atoms with Crippen molar-refractivity contribution < 1.29 is 30.8 Å². The number of carbonyl (C=O) groups is 1. The number of carbonyl (C=O) groups excluding carboxylic acids is 1. The van der Waals surface area contributed by atoms with Crippen molar-refractivity contribution in [1.29, 1.82) is 0 Å². The van der Waals surface area contributed by atoms with E-state index in [4.69, 9.17) is 4.42 Å². The smallest absolute Gasteiger partial charge is 0.417 e. The van der Waals surface area contributed by atoms with Gasteiger partial charge in [0.15, 0.2) is 0 Å². The number of fused-ring (bicyclic) bond motifs is 1. The Morgan fingerprint density at radius 1 is 1.17 bits per heavy atom. The maximum absolute atomic E-state index is 13.4. The number of nitrogens with zero attached hydrogens (tertiary/aromatic N) is 4. The van der Waals surface area contributed by atoms with Crippen molar-refractivity contribution in [2.45, 2.75) is 56.6 Å². The van der Waals surface area contributed by atoms with Gasteiger partial charge in [0.2, 0.25) is 11.0 Å². The Balaban J connectivity index is 1.41. The average Bonchev–Trinajstić information content (AvgIpc) is 3.61. The van der Waals surface area contributed by atoms with Gasteiger partial charge < -0.3 is 9.73 Å². The Kier molecular flexibility index (Phi) is 7.57. The number of halogens is 3. The van der Waals surface area contributed by atoms with Crippen molar-refractivity contribution in [3.05, 3.63) is 86.8 Å². The molecule has 15 heteroatoms. The summed E-state index contributed by atoms with van der Waals surface area (Å²) in [5.74, 6) is -0.818. The van der Waals surface area contributed by atoms with E-state index in [9.17, 15) is 36.0 Å². The molecule has 11 nitrogen and oxygen atoms in total. The van der Waals surface area contributed by atoms with Crippen LogP contribution in [0.2, 0.25) is 0 Å². The molecule has 1 aliphatic heterocycles. The molecule has 1 atom stereocenters. The number of pyridine rings is 1. The highest BCUT2D eigenvalue weighted by atomic mass is 32.2. The van der Waals surface area contributed by atoms with Crippen LogP contribution < -0.4 is 16.6 Å². The summed E-state index contributed by atoms with van der Waals surface area (Å²) in [5, 5.41) is 2.88. The number of para-hydroxylation sites is 1. The summed E-state index contributed by atoms with van der Waals surface area (Å²) in [7, 11) is -4.16. The molecule has 0 spiro atoms. The third-order valence-corrected chi connectivity index (χ3v) is 8.72. The van der Waals surface area contributed by atoms with Gasteiger partial charge in [0, 0.05) is 43.0 Å². The van der Waals surface area contributed by atoms with Crippen LogP contribution in [0.15, 0.2) is 74.0 Å². The van der Waals surface area contributed by atoms with Gasteiger partial charge in [0.05, 0.1) is 11.1 Å². The Bertz CT molecular complexity index is 1840. The topological polar surface area (TPSA) is 137 Å². The zero-order valence-corrected chi connectivity index (χ0v) is 23.3. The Hall–Kier alpha value is -4.24. The fourth-order valence-corrected chi connectivity index (χ4v) is 6.46. The predicted molar refractivity (Wildman–Crippen MR) is 144 cm³/mol. The number of aromatic nitrogens is 3. The predicted octanol–water partition coefficient (Wildman–Crippen LogP) is 3.21. The summed E-state index contributed by atoms with van der Waals surface area (Å²) in [5.41, 5.74) is -2.21. The molecule has 1 saturated heterocycles. The number of benzene rings is 1. The van der Waals surface area contributed by atoms with Crippen molar-refractivity contribution in [3.63, 3.8) is 0 Å². The molecule has 0 bridgehead atoms. The SMILES string of the molecule is CC(C)n1c(=O)c(CNC(=O)[C@@H]2CCCN2S(=O)(=O)c2cc3ccccc3o2)cn(-c2ccc(C(F)(F)F)cn2)c1=O. The van der Waals surface area contributed by atoms with Crippen molar-refractivity contribution in [1.82, 2.24) is 23.7 Å². The van der Waals surface area contributed by atoms with Crippen LogP contribution in [0.5, 0.6) is 0 Å². The number of sulfonamides is 1. The summed E-state index contributed by atoms with van der Waals surface area (Å²) < 4.78 is 74.2. The van der Waals surface area contributed by atoms with E-state index in [2.05, 4.69) is 10.3 Å². The number of rotatable bonds is 7. The van der Waals surface area contributed by atoms with Gasteiger partial charge in [-0.1, -0.05) is 18.2 Å². The van der Waals surface area contributed by atoms with Crippen molar-refractivity contribution in [2.24, 2.45) is 0 Å². The van der Waals surface area contributed by atoms with E-state index in [1.807, 2.05) is 0 Å². The molecule has 3 aromatic heterocycles. The molecule has 1 aliphatic rings. The Morgan fingerprint density at radius 3 is 2.55 bits per heavy atom. The molecule has 1 N–H and O–H groups in total. The number of hydrogen-bond acceptors (Lipinski definition) is 7. The first-order chi connectivity index (χ1) is 19.8. The number of hydrogen-bond donors (Lipinski definition) is 1. The van der Waals surface area contributed by atoms with Crippen LogP contribution in [-0.2, 0) is 27.5 Å². The normalized spacial score (nSPS) is 16.4. The molecule has 42 heavy (non-hydrogen) atoms. The fraction of sp³-hybridized carbons (Fsp3) is 0.333. The van der Waals surface area contributed by atoms with Crippen molar-refractivity contribution in [2.75, 3.05) is 6.54 Å². The Morgan fingerprint density at radius 2 is 1.90 bits per heavy atom. The lowest BCUT2D eigenvalue weighted by Crippen LogP contribution is -2.47. The van der Waals surface area contributed by atoms with Crippen LogP contribution in [-0.4, -0.2) is 45.3 Å². The molecular weight excluding hydrogens is 579 g/mol. The first-order valence-electron chi connectivity index (χ1n) is 13.0. The number of nitrogens with one attached hydrogen (secondary N) is 1. The second kappa shape index (κ2) is 10.9. The van der Waals surface area contributed by atoms with Crippen molar-refractivity contribution >= 4 is 26.9 Å². The largest absolute Gasteiger partial charge is 0.443 e. The zero-order valence-electron chi connectivity index (χ0n) is 22.5. The summed E-state index contributed by atoms with van der Waals surface area (Å²) in [6.45, 7) is 2.87. The van der Waals surface area contributed by atoms with Crippen molar-refractivity contribution in [3.8, 4) is 5.82 Å². The van der Waals surface area contributed by atoms with Crippen LogP contribution in [0.3, 0.4) is 0 Å². The van der Waals surface area contributed by atoms with Gasteiger partial charge in [0.1, 0.15) is 17.4 Å². The molecule has 0 unspecified atom stereocenters. The third kappa shape index (κ3) is 5.36. The van der Waals surface area contributed by atoms with E-state index in [0.717, 1.165) is 31.8 Å². The summed E-state index contributed by atoms with van der Waals surface area (Å²) >= 11 is 0. The van der Waals surface area contributed by atoms with E-state index in [1.54, 1.807) is 38.1 Å². The molecule has 0 aliphatic carbocycles. The molecule has 1 aromatic carbocycles. The van der Waals surface area contributed by atoms with Gasteiger partial charge >= 0.3 is 11.9 Å². The van der Waals surface area contributed by atoms with E-state index in [-0.39, 0.29) is 36.0 Å². The van der Waals surface area contributed by atoms with Gasteiger partial charge in [0.25, 0.3) is 15.6 Å². The minimum absolute atomic E-state index is 0.0527. The van der Waals surface area contributed by atoms with E-state index < -0.39 is 51.0 Å². The summed E-state index contributed by atoms with van der Waals surface area (Å²) in [4.78, 5) is 43.2. The lowest BCUT2D eigenvalue weighted by molar-refractivity contribution is -0.137. The molecular formula is C27H26F3N5O6S. The second-order valence-electron chi connectivity index (χ2n) is 10.1. The third-order valence-electron chi connectivity index (χ3n) is 6.95. The highest BCUT2D eigenvalue weighted by Gasteiger charge is 2.41. The summed E-state index contributed by atoms with van der Waals surface area (Å²) in [6.07, 6.45) is -2.30. The monoisotopic (exact) mass is 605 g/mol. The standard InChI is InChI=1S/C27H26F3N5O6S/c1-16(2)35-25(37)18(15-33(26(35)38)22-10-9-19(14-31-22)27(28,29)30)13-32-24(36)20-7-5-11-34(20)42(39,40)23-12-17-6-3-4-8-21(17)41-23/h3-4,6,8-10,12,14-16,20H,5,7,11,13H2,1-2H3,(H,32,36)/t20-/m0/s1. The quantitative estimate of drug-likeness (QED) is 0.342. The molecule has 5 rings (SSSR count). The highest BCUT2D eigenvalue weighted by molar-refractivity contribution is 7.89. The van der Waals surface area contributed by atoms with Crippen LogP contribution in [0.1, 0.15) is 43.9 Å². The molecule has 0 radical (unpaired) electrons. The minimum Gasteiger partial charge on any atom is -0.443 e. The van der Waals surface area contributed by atoms with Crippen LogP contribution in [0.4, 0.5) is 13.2 Å². The molecule has 222 valence electrons. The molecule has 4 aromatic rings. The van der Waals surface area contributed by atoms with E-state index >= 15 is 0 Å². The van der Waals surface area contributed by atoms with Crippen LogP contribution in [0, 0.1) is 0 Å². The molecule has 1 fully saturated rings. The molecule has 4 heterocycles. The number of alkyl halides is 3. The van der Waals surface area contributed by atoms with Gasteiger partial charge in [-0.25, -0.2) is 18.2 Å². The second-order valence-corrected chi connectivity index (χ2v) is 11.9. The van der Waals surface area contributed by atoms with Gasteiger partial charge in [-0.15, -0.1) is 0 Å². The Labute approximate surface area is 237 Å². The molecule has 1 amide bonds. The van der Waals surface area contributed by atoms with Gasteiger partial charge in [-0.3, -0.25) is 18.7 Å². The van der Waals surface area contributed by atoms with Gasteiger partial charge in [-0.2, -0.15) is 17.5 Å². The first-order valence-corrected chi connectivity index (χ1v) is 14.4. The van der Waals surface area contributed by atoms with E-state index in [1.165, 1.54) is 6.07 Å². The maximum Gasteiger partial charge on any atom is 0.417 e. The maximum atomic E-state index is 13.4. The average molecular weight is 606 g/mol. The minimum atomic E-state index is -4.63. The van der Waals surface area contributed by atoms with Crippen LogP contribution >= 0.6 is 0 Å². The molecule has 0 saturated carbocycles.